The van der Waals surface area contributed by atoms with Gasteiger partial charge in [0, 0.05) is 17.3 Å². The Morgan fingerprint density at radius 3 is 2.62 bits per heavy atom. The van der Waals surface area contributed by atoms with Gasteiger partial charge in [0.15, 0.2) is 0 Å². The lowest BCUT2D eigenvalue weighted by atomic mass is 10.1. The summed E-state index contributed by atoms with van der Waals surface area (Å²) in [7, 11) is 0. The maximum Gasteiger partial charge on any atom is 0.132 e. The van der Waals surface area contributed by atoms with Gasteiger partial charge in [-0.05, 0) is 34.1 Å². The van der Waals surface area contributed by atoms with Gasteiger partial charge < -0.3 is 0 Å². The Hall–Kier alpha value is -1.73. The third-order valence-corrected chi connectivity index (χ3v) is 2.61. The summed E-state index contributed by atoms with van der Waals surface area (Å²) in [6.07, 6.45) is 1.58. The van der Waals surface area contributed by atoms with Crippen molar-refractivity contribution in [3.8, 4) is 17.2 Å². The SMILES string of the molecule is N#Cc1ccc(-c2ccc(Br)nc2)c(F)c1. The normalized spacial score (nSPS) is 9.81. The number of benzene rings is 1. The molecule has 0 saturated carbocycles. The maximum atomic E-state index is 13.6. The quantitative estimate of drug-likeness (QED) is 0.748. The summed E-state index contributed by atoms with van der Waals surface area (Å²) in [6.45, 7) is 0. The summed E-state index contributed by atoms with van der Waals surface area (Å²) < 4.78 is 14.3. The first-order chi connectivity index (χ1) is 7.70. The van der Waals surface area contributed by atoms with Crippen molar-refractivity contribution >= 4 is 15.9 Å². The first-order valence-electron chi connectivity index (χ1n) is 4.52. The zero-order chi connectivity index (χ0) is 11.5. The highest BCUT2D eigenvalue weighted by atomic mass is 79.9. The van der Waals surface area contributed by atoms with Crippen LogP contribution in [-0.2, 0) is 0 Å². The van der Waals surface area contributed by atoms with Crippen LogP contribution in [0.5, 0.6) is 0 Å². The van der Waals surface area contributed by atoms with E-state index in [9.17, 15) is 4.39 Å². The molecule has 0 N–H and O–H groups in total. The van der Waals surface area contributed by atoms with E-state index in [0.29, 0.717) is 21.3 Å². The van der Waals surface area contributed by atoms with Crippen LogP contribution in [0.25, 0.3) is 11.1 Å². The molecular weight excluding hydrogens is 271 g/mol. The highest BCUT2D eigenvalue weighted by Crippen LogP contribution is 2.23. The largest absolute Gasteiger partial charge is 0.249 e. The second-order valence-electron chi connectivity index (χ2n) is 3.18. The van der Waals surface area contributed by atoms with Gasteiger partial charge in [-0.2, -0.15) is 5.26 Å². The molecule has 0 radical (unpaired) electrons. The number of hydrogen-bond acceptors (Lipinski definition) is 2. The Morgan fingerprint density at radius 2 is 2.06 bits per heavy atom. The van der Waals surface area contributed by atoms with E-state index in [1.807, 2.05) is 6.07 Å². The summed E-state index contributed by atoms with van der Waals surface area (Å²) in [6, 6.07) is 9.79. The van der Waals surface area contributed by atoms with E-state index >= 15 is 0 Å². The van der Waals surface area contributed by atoms with Crippen LogP contribution in [0.2, 0.25) is 0 Å². The third-order valence-electron chi connectivity index (χ3n) is 2.14. The van der Waals surface area contributed by atoms with Crippen LogP contribution in [0, 0.1) is 17.1 Å². The molecular formula is C12H6BrFN2. The first-order valence-corrected chi connectivity index (χ1v) is 5.31. The highest BCUT2D eigenvalue weighted by molar-refractivity contribution is 9.10. The molecule has 1 heterocycles. The third kappa shape index (κ3) is 2.10. The lowest BCUT2D eigenvalue weighted by Gasteiger charge is -2.03. The van der Waals surface area contributed by atoms with Crippen LogP contribution in [0.1, 0.15) is 5.56 Å². The van der Waals surface area contributed by atoms with Gasteiger partial charge >= 0.3 is 0 Å². The van der Waals surface area contributed by atoms with Crippen molar-refractivity contribution in [2.75, 3.05) is 0 Å². The second-order valence-corrected chi connectivity index (χ2v) is 3.99. The fourth-order valence-electron chi connectivity index (χ4n) is 1.35. The van der Waals surface area contributed by atoms with E-state index < -0.39 is 5.82 Å². The van der Waals surface area contributed by atoms with Gasteiger partial charge in [0.2, 0.25) is 0 Å². The predicted molar refractivity (Wildman–Crippen MR) is 62.0 cm³/mol. The number of hydrogen-bond donors (Lipinski definition) is 0. The molecule has 0 saturated heterocycles. The summed E-state index contributed by atoms with van der Waals surface area (Å²) in [5, 5.41) is 8.62. The topological polar surface area (TPSA) is 36.7 Å². The van der Waals surface area contributed by atoms with Crippen molar-refractivity contribution in [3.63, 3.8) is 0 Å². The minimum atomic E-state index is -0.414. The Morgan fingerprint density at radius 1 is 1.25 bits per heavy atom. The molecule has 0 aliphatic heterocycles. The molecule has 0 fully saturated rings. The van der Waals surface area contributed by atoms with Crippen LogP contribution in [-0.4, -0.2) is 4.98 Å². The zero-order valence-electron chi connectivity index (χ0n) is 8.11. The molecule has 0 amide bonds. The zero-order valence-corrected chi connectivity index (χ0v) is 9.70. The first kappa shape index (κ1) is 10.8. The molecule has 1 aromatic heterocycles. The van der Waals surface area contributed by atoms with Gasteiger partial charge in [0.05, 0.1) is 11.6 Å². The standard InChI is InChI=1S/C12H6BrFN2/c13-12-4-2-9(7-16-12)10-3-1-8(6-15)5-11(10)14/h1-5,7H. The Labute approximate surface area is 100 Å². The number of aromatic nitrogens is 1. The Kier molecular flexibility index (Phi) is 2.97. The second kappa shape index (κ2) is 4.42. The molecule has 0 bridgehead atoms. The monoisotopic (exact) mass is 276 g/mol. The molecule has 0 unspecified atom stereocenters. The molecule has 0 aliphatic carbocycles. The van der Waals surface area contributed by atoms with Crippen LogP contribution >= 0.6 is 15.9 Å². The van der Waals surface area contributed by atoms with Gasteiger partial charge in [0.25, 0.3) is 0 Å². The minimum Gasteiger partial charge on any atom is -0.249 e. The van der Waals surface area contributed by atoms with E-state index in [4.69, 9.17) is 5.26 Å². The summed E-state index contributed by atoms with van der Waals surface area (Å²) in [5.74, 6) is -0.414. The van der Waals surface area contributed by atoms with E-state index in [2.05, 4.69) is 20.9 Å². The van der Waals surface area contributed by atoms with Crippen molar-refractivity contribution in [1.82, 2.24) is 4.98 Å². The molecule has 0 spiro atoms. The molecule has 2 nitrogen and oxygen atoms in total. The number of pyridine rings is 1. The van der Waals surface area contributed by atoms with Crippen molar-refractivity contribution < 1.29 is 4.39 Å². The molecule has 16 heavy (non-hydrogen) atoms. The minimum absolute atomic E-state index is 0.311. The average molecular weight is 277 g/mol. The highest BCUT2D eigenvalue weighted by Gasteiger charge is 2.06. The van der Waals surface area contributed by atoms with Gasteiger partial charge in [-0.15, -0.1) is 0 Å². The summed E-state index contributed by atoms with van der Waals surface area (Å²) >= 11 is 3.21. The molecule has 78 valence electrons. The Balaban J connectivity index is 2.49. The molecule has 0 atom stereocenters. The smallest absolute Gasteiger partial charge is 0.132 e. The molecule has 1 aromatic carbocycles. The van der Waals surface area contributed by atoms with E-state index in [-0.39, 0.29) is 0 Å². The van der Waals surface area contributed by atoms with Crippen LogP contribution in [0.15, 0.2) is 41.1 Å². The fraction of sp³-hybridized carbons (Fsp3) is 0. The number of nitriles is 1. The van der Waals surface area contributed by atoms with E-state index in [0.717, 1.165) is 0 Å². The lowest BCUT2D eigenvalue weighted by molar-refractivity contribution is 0.631. The van der Waals surface area contributed by atoms with Gasteiger partial charge in [0.1, 0.15) is 10.4 Å². The van der Waals surface area contributed by atoms with Gasteiger partial charge in [-0.3, -0.25) is 0 Å². The van der Waals surface area contributed by atoms with Crippen molar-refractivity contribution in [1.29, 1.82) is 5.26 Å². The summed E-state index contributed by atoms with van der Waals surface area (Å²) in [5.41, 5.74) is 1.44. The van der Waals surface area contributed by atoms with Crippen molar-refractivity contribution in [2.24, 2.45) is 0 Å². The van der Waals surface area contributed by atoms with Crippen molar-refractivity contribution in [3.05, 3.63) is 52.5 Å². The molecule has 2 aromatic rings. The van der Waals surface area contributed by atoms with E-state index in [1.54, 1.807) is 30.5 Å². The number of rotatable bonds is 1. The molecule has 0 aliphatic rings. The van der Waals surface area contributed by atoms with E-state index in [1.165, 1.54) is 6.07 Å². The predicted octanol–water partition coefficient (Wildman–Crippen LogP) is 3.52. The molecule has 4 heteroatoms. The van der Waals surface area contributed by atoms with Gasteiger partial charge in [-0.25, -0.2) is 9.37 Å². The number of halogens is 2. The van der Waals surface area contributed by atoms with Crippen LogP contribution in [0.4, 0.5) is 4.39 Å². The summed E-state index contributed by atoms with van der Waals surface area (Å²) in [4.78, 5) is 4.02. The van der Waals surface area contributed by atoms with Crippen LogP contribution in [0.3, 0.4) is 0 Å². The van der Waals surface area contributed by atoms with Gasteiger partial charge in [-0.1, -0.05) is 12.1 Å². The van der Waals surface area contributed by atoms with Crippen molar-refractivity contribution in [2.45, 2.75) is 0 Å². The number of nitrogens with zero attached hydrogens (tertiary/aromatic N) is 2. The maximum absolute atomic E-state index is 13.6. The Bertz CT molecular complexity index is 558. The molecule has 2 rings (SSSR count). The van der Waals surface area contributed by atoms with Crippen LogP contribution < -0.4 is 0 Å². The average Bonchev–Trinajstić information content (AvgIpc) is 2.30. The fourth-order valence-corrected chi connectivity index (χ4v) is 1.59. The lowest BCUT2D eigenvalue weighted by Crippen LogP contribution is -1.87.